The van der Waals surface area contributed by atoms with Crippen LogP contribution in [0.5, 0.6) is 0 Å². The lowest BCUT2D eigenvalue weighted by Gasteiger charge is -2.33. The number of aryl methyl sites for hydroxylation is 1. The minimum absolute atomic E-state index is 0.00817. The summed E-state index contributed by atoms with van der Waals surface area (Å²) in [6.07, 6.45) is 5.86. The minimum Gasteiger partial charge on any atom is -0.347 e. The summed E-state index contributed by atoms with van der Waals surface area (Å²) >= 11 is 0. The molecule has 2 fully saturated rings. The molecule has 1 saturated carbocycles. The summed E-state index contributed by atoms with van der Waals surface area (Å²) in [5.41, 5.74) is 0. The fourth-order valence-corrected chi connectivity index (χ4v) is 3.51. The molecule has 0 bridgehead atoms. The zero-order chi connectivity index (χ0) is 16.2. The Bertz CT molecular complexity index is 557. The van der Waals surface area contributed by atoms with Crippen molar-refractivity contribution in [2.75, 3.05) is 13.1 Å². The zero-order valence-corrected chi connectivity index (χ0v) is 13.6. The van der Waals surface area contributed by atoms with Gasteiger partial charge in [-0.3, -0.25) is 9.59 Å². The normalized spacial score (nSPS) is 20.0. The fourth-order valence-electron chi connectivity index (χ4n) is 3.51. The second-order valence-corrected chi connectivity index (χ2v) is 6.53. The van der Waals surface area contributed by atoms with E-state index in [0.717, 1.165) is 25.7 Å². The van der Waals surface area contributed by atoms with Gasteiger partial charge in [-0.15, -0.1) is 0 Å². The molecule has 3 rings (SSSR count). The number of carbonyl (C=O) groups excluding carboxylic acids is 2. The highest BCUT2D eigenvalue weighted by molar-refractivity contribution is 5.81. The Labute approximate surface area is 135 Å². The highest BCUT2D eigenvalue weighted by Gasteiger charge is 2.31. The number of rotatable bonds is 4. The Morgan fingerprint density at radius 1 is 1.17 bits per heavy atom. The lowest BCUT2D eigenvalue weighted by Crippen LogP contribution is -2.44. The van der Waals surface area contributed by atoms with Gasteiger partial charge in [0, 0.05) is 24.9 Å². The van der Waals surface area contributed by atoms with E-state index in [0.29, 0.717) is 30.7 Å². The molecule has 1 saturated heterocycles. The van der Waals surface area contributed by atoms with Crippen molar-refractivity contribution in [3.63, 3.8) is 0 Å². The van der Waals surface area contributed by atoms with Gasteiger partial charge < -0.3 is 14.7 Å². The van der Waals surface area contributed by atoms with E-state index in [-0.39, 0.29) is 24.3 Å². The van der Waals surface area contributed by atoms with Crippen molar-refractivity contribution in [2.24, 2.45) is 11.8 Å². The lowest BCUT2D eigenvalue weighted by atomic mass is 9.94. The Morgan fingerprint density at radius 3 is 2.48 bits per heavy atom. The van der Waals surface area contributed by atoms with Crippen LogP contribution in [0.1, 0.15) is 50.2 Å². The van der Waals surface area contributed by atoms with Gasteiger partial charge in [0.2, 0.25) is 17.7 Å². The number of nitrogens with one attached hydrogen (secondary N) is 1. The molecule has 1 aromatic heterocycles. The van der Waals surface area contributed by atoms with Crippen LogP contribution in [0.15, 0.2) is 4.52 Å². The molecule has 1 aliphatic carbocycles. The van der Waals surface area contributed by atoms with Gasteiger partial charge in [0.05, 0.1) is 6.54 Å². The van der Waals surface area contributed by atoms with Crippen LogP contribution in [0, 0.1) is 18.8 Å². The molecule has 0 unspecified atom stereocenters. The molecule has 2 heterocycles. The van der Waals surface area contributed by atoms with Crippen LogP contribution in [-0.4, -0.2) is 39.9 Å². The number of carbonyl (C=O) groups is 2. The van der Waals surface area contributed by atoms with Crippen LogP contribution in [0.4, 0.5) is 0 Å². The van der Waals surface area contributed by atoms with E-state index in [4.69, 9.17) is 4.52 Å². The molecule has 0 spiro atoms. The molecule has 1 N–H and O–H groups in total. The van der Waals surface area contributed by atoms with Crippen LogP contribution in [0.2, 0.25) is 0 Å². The highest BCUT2D eigenvalue weighted by atomic mass is 16.5. The van der Waals surface area contributed by atoms with Crippen molar-refractivity contribution in [3.05, 3.63) is 11.7 Å². The maximum absolute atomic E-state index is 12.4. The van der Waals surface area contributed by atoms with E-state index in [9.17, 15) is 9.59 Å². The Balaban J connectivity index is 1.42. The number of nitrogens with zero attached hydrogens (tertiary/aromatic N) is 3. The maximum Gasteiger partial charge on any atom is 0.246 e. The summed E-state index contributed by atoms with van der Waals surface area (Å²) in [5, 5.41) is 6.54. The largest absolute Gasteiger partial charge is 0.347 e. The number of hydrogen-bond donors (Lipinski definition) is 1. The Kier molecular flexibility index (Phi) is 4.93. The summed E-state index contributed by atoms with van der Waals surface area (Å²) in [4.78, 5) is 30.6. The maximum atomic E-state index is 12.4. The van der Waals surface area contributed by atoms with Crippen LogP contribution in [0.3, 0.4) is 0 Å². The zero-order valence-electron chi connectivity index (χ0n) is 13.6. The predicted octanol–water partition coefficient (Wildman–Crippen LogP) is 1.42. The molecule has 7 nitrogen and oxygen atoms in total. The third-order valence-electron chi connectivity index (χ3n) is 4.87. The van der Waals surface area contributed by atoms with Crippen LogP contribution in [-0.2, 0) is 16.1 Å². The molecule has 1 aliphatic heterocycles. The third kappa shape index (κ3) is 3.89. The summed E-state index contributed by atoms with van der Waals surface area (Å²) in [6.45, 7) is 3.38. The number of piperidine rings is 1. The van der Waals surface area contributed by atoms with Gasteiger partial charge in [-0.25, -0.2) is 0 Å². The lowest BCUT2D eigenvalue weighted by molar-refractivity contribution is -0.139. The first-order chi connectivity index (χ1) is 11.1. The first-order valence-electron chi connectivity index (χ1n) is 8.49. The van der Waals surface area contributed by atoms with E-state index in [1.165, 1.54) is 12.8 Å². The van der Waals surface area contributed by atoms with Crippen molar-refractivity contribution in [1.82, 2.24) is 20.4 Å². The molecular weight excluding hydrogens is 296 g/mol. The van der Waals surface area contributed by atoms with Gasteiger partial charge in [0.15, 0.2) is 5.82 Å². The summed E-state index contributed by atoms with van der Waals surface area (Å²) in [6, 6.07) is 0. The predicted molar refractivity (Wildman–Crippen MR) is 82.1 cm³/mol. The van der Waals surface area contributed by atoms with E-state index in [1.807, 2.05) is 4.90 Å². The first-order valence-corrected chi connectivity index (χ1v) is 8.49. The summed E-state index contributed by atoms with van der Waals surface area (Å²) in [5.74, 6) is 1.47. The van der Waals surface area contributed by atoms with Crippen LogP contribution >= 0.6 is 0 Å². The SMILES string of the molecule is Cc1noc(CNC(=O)C2CCN(C(=O)C3CCCC3)CC2)n1. The van der Waals surface area contributed by atoms with Gasteiger partial charge in [-0.05, 0) is 32.6 Å². The number of aromatic nitrogens is 2. The average Bonchev–Trinajstić information content (AvgIpc) is 3.24. The Hall–Kier alpha value is -1.92. The van der Waals surface area contributed by atoms with Gasteiger partial charge >= 0.3 is 0 Å². The average molecular weight is 320 g/mol. The molecule has 1 aromatic rings. The topological polar surface area (TPSA) is 88.3 Å². The van der Waals surface area contributed by atoms with Gasteiger partial charge in [0.25, 0.3) is 0 Å². The summed E-state index contributed by atoms with van der Waals surface area (Å²) < 4.78 is 4.98. The molecule has 2 aliphatic rings. The monoisotopic (exact) mass is 320 g/mol. The number of hydrogen-bond acceptors (Lipinski definition) is 5. The van der Waals surface area contributed by atoms with E-state index in [2.05, 4.69) is 15.5 Å². The van der Waals surface area contributed by atoms with Crippen molar-refractivity contribution in [3.8, 4) is 0 Å². The standard InChI is InChI=1S/C16H24N4O3/c1-11-18-14(23-19-11)10-17-15(21)12-6-8-20(9-7-12)16(22)13-4-2-3-5-13/h12-13H,2-10H2,1H3,(H,17,21). The molecule has 7 heteroatoms. The molecule has 0 radical (unpaired) electrons. The van der Waals surface area contributed by atoms with Crippen molar-refractivity contribution in [2.45, 2.75) is 52.0 Å². The molecule has 0 aromatic carbocycles. The molecule has 2 amide bonds. The first kappa shape index (κ1) is 16.0. The van der Waals surface area contributed by atoms with Gasteiger partial charge in [0.1, 0.15) is 0 Å². The highest BCUT2D eigenvalue weighted by Crippen LogP contribution is 2.28. The van der Waals surface area contributed by atoms with Gasteiger partial charge in [-0.2, -0.15) is 4.98 Å². The number of amides is 2. The Morgan fingerprint density at radius 2 is 1.87 bits per heavy atom. The number of likely N-dealkylation sites (tertiary alicyclic amines) is 1. The molecule has 0 atom stereocenters. The minimum atomic E-state index is -0.0355. The fraction of sp³-hybridized carbons (Fsp3) is 0.750. The van der Waals surface area contributed by atoms with Crippen molar-refractivity contribution < 1.29 is 14.1 Å². The van der Waals surface area contributed by atoms with E-state index in [1.54, 1.807) is 6.92 Å². The van der Waals surface area contributed by atoms with E-state index < -0.39 is 0 Å². The van der Waals surface area contributed by atoms with Crippen molar-refractivity contribution >= 4 is 11.8 Å². The second kappa shape index (κ2) is 7.10. The smallest absolute Gasteiger partial charge is 0.246 e. The second-order valence-electron chi connectivity index (χ2n) is 6.53. The summed E-state index contributed by atoms with van der Waals surface area (Å²) in [7, 11) is 0. The molecule has 126 valence electrons. The quantitative estimate of drug-likeness (QED) is 0.906. The van der Waals surface area contributed by atoms with Crippen LogP contribution in [0.25, 0.3) is 0 Å². The van der Waals surface area contributed by atoms with Crippen molar-refractivity contribution in [1.29, 1.82) is 0 Å². The molecule has 23 heavy (non-hydrogen) atoms. The third-order valence-corrected chi connectivity index (χ3v) is 4.87. The molecular formula is C16H24N4O3. The van der Waals surface area contributed by atoms with Crippen LogP contribution < -0.4 is 5.32 Å². The van der Waals surface area contributed by atoms with Gasteiger partial charge in [-0.1, -0.05) is 18.0 Å². The van der Waals surface area contributed by atoms with E-state index >= 15 is 0 Å².